The minimum atomic E-state index is -1.55. The SMILES string of the molecule is CC/C=C\C/C=C\C/C=C\C/C=C\C/C=C\C/C=C\CC(=O)OCC(C)(C)C(OC(=O)c1ccccc1OC(=O)c1ccccc1O)C(=O)NCCC(=O)O. The van der Waals surface area contributed by atoms with Gasteiger partial charge in [-0.3, -0.25) is 14.4 Å². The highest BCUT2D eigenvalue weighted by atomic mass is 16.6. The van der Waals surface area contributed by atoms with Gasteiger partial charge in [-0.15, -0.1) is 0 Å². The van der Waals surface area contributed by atoms with Crippen molar-refractivity contribution < 1.29 is 48.4 Å². The van der Waals surface area contributed by atoms with E-state index in [1.807, 2.05) is 18.2 Å². The van der Waals surface area contributed by atoms with E-state index in [9.17, 15) is 29.1 Å². The number of benzene rings is 2. The van der Waals surface area contributed by atoms with Crippen molar-refractivity contribution in [1.82, 2.24) is 5.32 Å². The zero-order valence-electron chi connectivity index (χ0n) is 31.9. The molecule has 0 fully saturated rings. The van der Waals surface area contributed by atoms with Gasteiger partial charge in [-0.1, -0.05) is 118 Å². The van der Waals surface area contributed by atoms with Crippen LogP contribution >= 0.6 is 0 Å². The molecule has 0 aliphatic rings. The van der Waals surface area contributed by atoms with Gasteiger partial charge in [0.15, 0.2) is 6.10 Å². The normalized spacial score (nSPS) is 12.6. The van der Waals surface area contributed by atoms with Crippen LogP contribution in [0.4, 0.5) is 0 Å². The van der Waals surface area contributed by atoms with Crippen molar-refractivity contribution in [1.29, 1.82) is 0 Å². The summed E-state index contributed by atoms with van der Waals surface area (Å²) in [5, 5.41) is 21.5. The van der Waals surface area contributed by atoms with E-state index in [0.717, 1.165) is 32.1 Å². The third-order valence-electron chi connectivity index (χ3n) is 7.73. The second-order valence-corrected chi connectivity index (χ2v) is 12.9. The molecule has 2 aromatic rings. The number of esters is 3. The molecule has 2 aromatic carbocycles. The molecule has 0 bridgehead atoms. The van der Waals surface area contributed by atoms with E-state index in [0.29, 0.717) is 6.42 Å². The van der Waals surface area contributed by atoms with Gasteiger partial charge in [0.05, 0.1) is 12.8 Å². The maximum atomic E-state index is 13.5. The Morgan fingerprint density at radius 1 is 0.709 bits per heavy atom. The number of carbonyl (C=O) groups excluding carboxylic acids is 4. The monoisotopic (exact) mass is 755 g/mol. The van der Waals surface area contributed by atoms with Gasteiger partial charge in [0.2, 0.25) is 0 Å². The number of aliphatic carboxylic acids is 1. The molecule has 0 aliphatic heterocycles. The zero-order valence-corrected chi connectivity index (χ0v) is 31.9. The van der Waals surface area contributed by atoms with Gasteiger partial charge in [-0.2, -0.15) is 0 Å². The Morgan fingerprint density at radius 2 is 1.22 bits per heavy atom. The van der Waals surface area contributed by atoms with Crippen molar-refractivity contribution >= 4 is 29.8 Å². The highest BCUT2D eigenvalue weighted by molar-refractivity contribution is 5.98. The molecule has 0 spiro atoms. The summed E-state index contributed by atoms with van der Waals surface area (Å²) < 4.78 is 16.5. The molecule has 1 amide bonds. The van der Waals surface area contributed by atoms with Gasteiger partial charge in [0.1, 0.15) is 29.2 Å². The number of nitrogens with one attached hydrogen (secondary N) is 1. The average molecular weight is 756 g/mol. The van der Waals surface area contributed by atoms with Crippen LogP contribution in [-0.2, 0) is 23.9 Å². The van der Waals surface area contributed by atoms with Crippen LogP contribution in [0.15, 0.2) is 121 Å². The lowest BCUT2D eigenvalue weighted by atomic mass is 9.86. The average Bonchev–Trinajstić information content (AvgIpc) is 3.15. The molecule has 0 heterocycles. The number of ether oxygens (including phenoxy) is 3. The molecule has 11 heteroatoms. The Morgan fingerprint density at radius 3 is 1.76 bits per heavy atom. The van der Waals surface area contributed by atoms with E-state index in [4.69, 9.17) is 19.3 Å². The maximum Gasteiger partial charge on any atom is 0.347 e. The van der Waals surface area contributed by atoms with E-state index >= 15 is 0 Å². The zero-order chi connectivity index (χ0) is 40.3. The number of phenolic OH excluding ortho intramolecular Hbond substituents is 1. The van der Waals surface area contributed by atoms with Gasteiger partial charge >= 0.3 is 23.9 Å². The third-order valence-corrected chi connectivity index (χ3v) is 7.73. The predicted octanol–water partition coefficient (Wildman–Crippen LogP) is 8.38. The fraction of sp³-hybridized carbons (Fsp3) is 0.341. The first-order valence-corrected chi connectivity index (χ1v) is 18.3. The summed E-state index contributed by atoms with van der Waals surface area (Å²) >= 11 is 0. The van der Waals surface area contributed by atoms with E-state index in [1.54, 1.807) is 19.9 Å². The lowest BCUT2D eigenvalue weighted by molar-refractivity contribution is -0.153. The van der Waals surface area contributed by atoms with E-state index in [2.05, 4.69) is 60.8 Å². The minimum absolute atomic E-state index is 0.0221. The van der Waals surface area contributed by atoms with Crippen molar-refractivity contribution in [3.05, 3.63) is 133 Å². The van der Waals surface area contributed by atoms with E-state index in [-0.39, 0.29) is 48.6 Å². The molecule has 55 heavy (non-hydrogen) atoms. The summed E-state index contributed by atoms with van der Waals surface area (Å²) in [6, 6.07) is 11.4. The summed E-state index contributed by atoms with van der Waals surface area (Å²) in [5.74, 6) is -4.98. The number of para-hydroxylation sites is 2. The number of hydrogen-bond acceptors (Lipinski definition) is 9. The van der Waals surface area contributed by atoms with Crippen LogP contribution in [0.5, 0.6) is 11.5 Å². The molecule has 11 nitrogen and oxygen atoms in total. The van der Waals surface area contributed by atoms with Crippen molar-refractivity contribution in [3.63, 3.8) is 0 Å². The summed E-state index contributed by atoms with van der Waals surface area (Å²) in [6.07, 6.45) is 28.0. The smallest absolute Gasteiger partial charge is 0.347 e. The van der Waals surface area contributed by atoms with Crippen LogP contribution in [0, 0.1) is 5.41 Å². The Kier molecular flexibility index (Phi) is 21.3. The molecular weight excluding hydrogens is 702 g/mol. The summed E-state index contributed by atoms with van der Waals surface area (Å²) in [7, 11) is 0. The highest BCUT2D eigenvalue weighted by Gasteiger charge is 2.40. The number of aromatic hydroxyl groups is 1. The lowest BCUT2D eigenvalue weighted by Gasteiger charge is -2.32. The Bertz CT molecular complexity index is 1730. The topological polar surface area (TPSA) is 166 Å². The van der Waals surface area contributed by atoms with Crippen molar-refractivity contribution in [2.24, 2.45) is 5.41 Å². The molecule has 2 rings (SSSR count). The summed E-state index contributed by atoms with van der Waals surface area (Å²) in [6.45, 7) is 4.67. The third kappa shape index (κ3) is 18.6. The molecule has 0 aromatic heterocycles. The first-order chi connectivity index (χ1) is 26.5. The van der Waals surface area contributed by atoms with E-state index < -0.39 is 41.3 Å². The fourth-order valence-electron chi connectivity index (χ4n) is 4.75. The van der Waals surface area contributed by atoms with E-state index in [1.165, 1.54) is 48.5 Å². The summed E-state index contributed by atoms with van der Waals surface area (Å²) in [5.41, 5.74) is -1.60. The van der Waals surface area contributed by atoms with Crippen LogP contribution < -0.4 is 10.1 Å². The second-order valence-electron chi connectivity index (χ2n) is 12.9. The van der Waals surface area contributed by atoms with Gasteiger partial charge in [0.25, 0.3) is 5.91 Å². The molecule has 1 atom stereocenters. The first kappa shape index (κ1) is 45.2. The molecule has 0 saturated carbocycles. The number of hydrogen-bond donors (Lipinski definition) is 3. The van der Waals surface area contributed by atoms with Crippen molar-refractivity contribution in [3.8, 4) is 11.5 Å². The highest BCUT2D eigenvalue weighted by Crippen LogP contribution is 2.28. The lowest BCUT2D eigenvalue weighted by Crippen LogP contribution is -2.49. The molecule has 3 N–H and O–H groups in total. The predicted molar refractivity (Wildman–Crippen MR) is 212 cm³/mol. The quantitative estimate of drug-likeness (QED) is 0.0538. The molecule has 294 valence electrons. The molecule has 1 unspecified atom stereocenters. The Labute approximate surface area is 323 Å². The number of allylic oxidation sites excluding steroid dienone is 11. The van der Waals surface area contributed by atoms with Gasteiger partial charge in [0, 0.05) is 12.0 Å². The van der Waals surface area contributed by atoms with Crippen LogP contribution in [0.3, 0.4) is 0 Å². The van der Waals surface area contributed by atoms with Crippen molar-refractivity contribution in [2.75, 3.05) is 13.2 Å². The van der Waals surface area contributed by atoms with Crippen LogP contribution in [0.25, 0.3) is 0 Å². The fourth-order valence-corrected chi connectivity index (χ4v) is 4.75. The Balaban J connectivity index is 1.92. The van der Waals surface area contributed by atoms with Gasteiger partial charge in [-0.05, 0) is 62.8 Å². The summed E-state index contributed by atoms with van der Waals surface area (Å²) in [4.78, 5) is 63.1. The number of phenols is 1. The minimum Gasteiger partial charge on any atom is -0.507 e. The maximum absolute atomic E-state index is 13.5. The number of rotatable bonds is 24. The molecule has 0 radical (unpaired) electrons. The molecule has 0 aliphatic carbocycles. The number of carboxylic acid groups (broad SMARTS) is 1. The van der Waals surface area contributed by atoms with Crippen molar-refractivity contribution in [2.45, 2.75) is 78.2 Å². The molecule has 0 saturated heterocycles. The van der Waals surface area contributed by atoms with Gasteiger partial charge < -0.3 is 29.7 Å². The van der Waals surface area contributed by atoms with Gasteiger partial charge in [-0.25, -0.2) is 9.59 Å². The number of carboxylic acids is 1. The first-order valence-electron chi connectivity index (χ1n) is 18.3. The second kappa shape index (κ2) is 25.9. The van der Waals surface area contributed by atoms with Crippen LogP contribution in [-0.4, -0.2) is 59.3 Å². The number of amides is 1. The number of carbonyl (C=O) groups is 5. The van der Waals surface area contributed by atoms with Crippen LogP contribution in [0.2, 0.25) is 0 Å². The Hall–Kier alpha value is -5.97. The standard InChI is InChI=1S/C44H53NO10/c1-4-5-6-7-8-9-10-11-12-13-14-15-16-17-18-19-20-21-30-39(49)53-33-44(2,3)40(41(50)45-32-31-38(47)48)55-43(52)35-27-23-25-29-37(35)54-42(51)34-26-22-24-28-36(34)46/h5-6,8-9,11-12,14-15,17-18,20-29,40,46H,4,7,10,13,16,19,30-33H2,1-3H3,(H,45,50)(H,47,48)/b6-5-,9-8-,12-11-,15-14-,18-17-,21-20-. The largest absolute Gasteiger partial charge is 0.507 e. The molecular formula is C44H53NO10. The van der Waals surface area contributed by atoms with Crippen LogP contribution in [0.1, 0.15) is 92.9 Å².